The number of aliphatic hydroxyl groups is 1. The molecule has 0 amide bonds. The summed E-state index contributed by atoms with van der Waals surface area (Å²) in [7, 11) is 1.92. The number of hydrogen-bond donors (Lipinski definition) is 1. The molecule has 0 unspecified atom stereocenters. The van der Waals surface area contributed by atoms with Crippen LogP contribution >= 0.6 is 0 Å². The number of nitrogens with zero attached hydrogens (tertiary/aromatic N) is 1. The Morgan fingerprint density at radius 1 is 1.25 bits per heavy atom. The lowest BCUT2D eigenvalue weighted by Crippen LogP contribution is -2.54. The van der Waals surface area contributed by atoms with Gasteiger partial charge in [-0.15, -0.1) is 0 Å². The van der Waals surface area contributed by atoms with Gasteiger partial charge in [-0.1, -0.05) is 0 Å². The summed E-state index contributed by atoms with van der Waals surface area (Å²) < 4.78 is 11.7. The van der Waals surface area contributed by atoms with Crippen molar-refractivity contribution < 1.29 is 19.4 Å². The minimum absolute atomic E-state index is 0.0868. The standard InChI is InChI=1S/C11H19NO4/c1-11(2)15-9-7(13)4-6-5-14-12(3)8(6)10(9)16-11/h6-10,13H,4-5H2,1-3H3/t6-,7+,8+,9+,10-/m1/s1. The second-order valence-electron chi connectivity index (χ2n) is 5.46. The summed E-state index contributed by atoms with van der Waals surface area (Å²) in [6.07, 6.45) is -0.0184. The number of likely N-dealkylation sites (N-methyl/N-ethyl adjacent to an activating group) is 1. The molecular formula is C11H19NO4. The van der Waals surface area contributed by atoms with E-state index in [-0.39, 0.29) is 18.2 Å². The third kappa shape index (κ3) is 1.50. The highest BCUT2D eigenvalue weighted by Gasteiger charge is 2.57. The van der Waals surface area contributed by atoms with Gasteiger partial charge < -0.3 is 14.6 Å². The molecule has 92 valence electrons. The van der Waals surface area contributed by atoms with E-state index in [2.05, 4.69) is 0 Å². The molecule has 16 heavy (non-hydrogen) atoms. The molecule has 0 aromatic carbocycles. The van der Waals surface area contributed by atoms with Crippen molar-refractivity contribution in [1.82, 2.24) is 5.06 Å². The van der Waals surface area contributed by atoms with Crippen molar-refractivity contribution in [2.24, 2.45) is 5.92 Å². The first-order valence-electron chi connectivity index (χ1n) is 5.87. The smallest absolute Gasteiger partial charge is 0.163 e. The van der Waals surface area contributed by atoms with Crippen LogP contribution in [0.25, 0.3) is 0 Å². The van der Waals surface area contributed by atoms with Gasteiger partial charge in [0.1, 0.15) is 12.2 Å². The topological polar surface area (TPSA) is 51.2 Å². The van der Waals surface area contributed by atoms with Gasteiger partial charge in [-0.05, 0) is 20.3 Å². The lowest BCUT2D eigenvalue weighted by atomic mass is 9.80. The largest absolute Gasteiger partial charge is 0.390 e. The normalized spacial score (nSPS) is 51.4. The first-order chi connectivity index (χ1) is 7.48. The fourth-order valence-electron chi connectivity index (χ4n) is 3.20. The summed E-state index contributed by atoms with van der Waals surface area (Å²) in [4.78, 5) is 5.51. The van der Waals surface area contributed by atoms with Gasteiger partial charge in [0, 0.05) is 13.0 Å². The summed E-state index contributed by atoms with van der Waals surface area (Å²) in [5.41, 5.74) is 0. The van der Waals surface area contributed by atoms with Crippen LogP contribution in [0.15, 0.2) is 0 Å². The minimum Gasteiger partial charge on any atom is -0.390 e. The van der Waals surface area contributed by atoms with Crippen LogP contribution in [0, 0.1) is 5.92 Å². The van der Waals surface area contributed by atoms with E-state index < -0.39 is 11.9 Å². The van der Waals surface area contributed by atoms with Crippen LogP contribution in [-0.4, -0.2) is 54.0 Å². The van der Waals surface area contributed by atoms with Crippen LogP contribution in [0.2, 0.25) is 0 Å². The molecule has 0 bridgehead atoms. The fourth-order valence-corrected chi connectivity index (χ4v) is 3.20. The quantitative estimate of drug-likeness (QED) is 0.640. The Balaban J connectivity index is 1.88. The number of aliphatic hydroxyl groups excluding tert-OH is 1. The monoisotopic (exact) mass is 229 g/mol. The van der Waals surface area contributed by atoms with Crippen LogP contribution in [-0.2, 0) is 14.3 Å². The van der Waals surface area contributed by atoms with Gasteiger partial charge in [0.15, 0.2) is 5.79 Å². The summed E-state index contributed by atoms with van der Waals surface area (Å²) in [5.74, 6) is -0.256. The zero-order valence-corrected chi connectivity index (χ0v) is 9.92. The fraction of sp³-hybridized carbons (Fsp3) is 1.00. The van der Waals surface area contributed by atoms with E-state index in [0.717, 1.165) is 6.42 Å². The molecule has 3 fully saturated rings. The van der Waals surface area contributed by atoms with Gasteiger partial charge in [0.05, 0.1) is 18.8 Å². The highest BCUT2D eigenvalue weighted by atomic mass is 16.8. The Morgan fingerprint density at radius 2 is 1.94 bits per heavy atom. The van der Waals surface area contributed by atoms with Crippen LogP contribution in [0.1, 0.15) is 20.3 Å². The molecule has 2 aliphatic heterocycles. The van der Waals surface area contributed by atoms with Crippen molar-refractivity contribution in [2.75, 3.05) is 13.7 Å². The van der Waals surface area contributed by atoms with Gasteiger partial charge in [-0.25, -0.2) is 0 Å². The van der Waals surface area contributed by atoms with Crippen LogP contribution in [0.3, 0.4) is 0 Å². The van der Waals surface area contributed by atoms with Crippen molar-refractivity contribution in [2.45, 2.75) is 50.4 Å². The maximum absolute atomic E-state index is 10.1. The number of rotatable bonds is 0. The molecule has 1 saturated carbocycles. The van der Waals surface area contributed by atoms with E-state index in [1.807, 2.05) is 26.0 Å². The average molecular weight is 229 g/mol. The minimum atomic E-state index is -0.603. The van der Waals surface area contributed by atoms with Crippen molar-refractivity contribution >= 4 is 0 Å². The van der Waals surface area contributed by atoms with Gasteiger partial charge in [-0.2, -0.15) is 5.06 Å². The first kappa shape index (κ1) is 10.9. The Morgan fingerprint density at radius 3 is 2.69 bits per heavy atom. The number of hydroxylamine groups is 2. The highest BCUT2D eigenvalue weighted by Crippen LogP contribution is 2.43. The Labute approximate surface area is 95.2 Å². The second-order valence-corrected chi connectivity index (χ2v) is 5.46. The van der Waals surface area contributed by atoms with Gasteiger partial charge in [-0.3, -0.25) is 4.84 Å². The van der Waals surface area contributed by atoms with E-state index >= 15 is 0 Å². The highest BCUT2D eigenvalue weighted by molar-refractivity contribution is 5.02. The molecule has 5 nitrogen and oxygen atoms in total. The second kappa shape index (κ2) is 3.40. The summed E-state index contributed by atoms with van der Waals surface area (Å²) in [5, 5.41) is 11.9. The van der Waals surface area contributed by atoms with E-state index in [0.29, 0.717) is 12.5 Å². The van der Waals surface area contributed by atoms with Crippen molar-refractivity contribution in [3.05, 3.63) is 0 Å². The average Bonchev–Trinajstić information content (AvgIpc) is 2.67. The third-order valence-corrected chi connectivity index (χ3v) is 3.82. The zero-order valence-electron chi connectivity index (χ0n) is 9.92. The lowest BCUT2D eigenvalue weighted by molar-refractivity contribution is -0.168. The third-order valence-electron chi connectivity index (χ3n) is 3.82. The number of fused-ring (bicyclic) bond motifs is 3. The molecule has 0 aromatic heterocycles. The van der Waals surface area contributed by atoms with Gasteiger partial charge >= 0.3 is 0 Å². The molecule has 0 spiro atoms. The lowest BCUT2D eigenvalue weighted by Gasteiger charge is -2.37. The van der Waals surface area contributed by atoms with Crippen molar-refractivity contribution in [1.29, 1.82) is 0 Å². The molecule has 3 rings (SSSR count). The first-order valence-corrected chi connectivity index (χ1v) is 5.87. The Hall–Kier alpha value is -0.200. The molecule has 2 heterocycles. The SMILES string of the molecule is CN1OC[C@H]2C[C@H](O)[C@@H]3OC(C)(C)O[C@@H]3[C@H]21. The van der Waals surface area contributed by atoms with E-state index in [4.69, 9.17) is 14.3 Å². The van der Waals surface area contributed by atoms with Crippen molar-refractivity contribution in [3.63, 3.8) is 0 Å². The Bertz CT molecular complexity index is 296. The molecule has 3 aliphatic rings. The molecule has 2 saturated heterocycles. The summed E-state index contributed by atoms with van der Waals surface area (Å²) in [6, 6.07) is 0.204. The van der Waals surface area contributed by atoms with Gasteiger partial charge in [0.2, 0.25) is 0 Å². The zero-order chi connectivity index (χ0) is 11.5. The van der Waals surface area contributed by atoms with E-state index in [1.54, 1.807) is 0 Å². The van der Waals surface area contributed by atoms with Crippen LogP contribution in [0.5, 0.6) is 0 Å². The van der Waals surface area contributed by atoms with E-state index in [1.165, 1.54) is 0 Å². The van der Waals surface area contributed by atoms with Crippen LogP contribution in [0.4, 0.5) is 0 Å². The molecule has 5 atom stereocenters. The number of hydrogen-bond acceptors (Lipinski definition) is 5. The molecular weight excluding hydrogens is 210 g/mol. The molecule has 0 aromatic rings. The molecule has 1 N–H and O–H groups in total. The maximum Gasteiger partial charge on any atom is 0.163 e. The van der Waals surface area contributed by atoms with Crippen molar-refractivity contribution in [3.8, 4) is 0 Å². The number of ether oxygens (including phenoxy) is 2. The van der Waals surface area contributed by atoms with E-state index in [9.17, 15) is 5.11 Å². The Kier molecular flexibility index (Phi) is 2.32. The summed E-state index contributed by atoms with van der Waals surface area (Å²) in [6.45, 7) is 4.46. The predicted molar refractivity (Wildman–Crippen MR) is 55.4 cm³/mol. The summed E-state index contributed by atoms with van der Waals surface area (Å²) >= 11 is 0. The molecule has 0 radical (unpaired) electrons. The molecule has 5 heteroatoms. The predicted octanol–water partition coefficient (Wildman–Crippen LogP) is 0.133. The molecule has 1 aliphatic carbocycles. The van der Waals surface area contributed by atoms with Crippen LogP contribution < -0.4 is 0 Å². The maximum atomic E-state index is 10.1. The van der Waals surface area contributed by atoms with Gasteiger partial charge in [0.25, 0.3) is 0 Å².